The third kappa shape index (κ3) is 2.57. The van der Waals surface area contributed by atoms with Gasteiger partial charge in [-0.25, -0.2) is 0 Å². The molecule has 0 N–H and O–H groups in total. The number of rotatable bonds is 3. The van der Waals surface area contributed by atoms with Gasteiger partial charge in [0, 0.05) is 5.69 Å². The Balaban J connectivity index is 2.40. The summed E-state index contributed by atoms with van der Waals surface area (Å²) in [6, 6.07) is 3.92. The first kappa shape index (κ1) is 15.3. The Morgan fingerprint density at radius 2 is 1.65 bits per heavy atom. The molecule has 0 aromatic carbocycles. The van der Waals surface area contributed by atoms with Crippen molar-refractivity contribution in [2.45, 2.75) is 58.7 Å². The molecule has 1 fully saturated rings. The van der Waals surface area contributed by atoms with E-state index in [0.29, 0.717) is 11.7 Å². The lowest BCUT2D eigenvalue weighted by molar-refractivity contribution is 0.00578. The molecule has 0 radical (unpaired) electrons. The average molecular weight is 277 g/mol. The van der Waals surface area contributed by atoms with Gasteiger partial charge in [0.1, 0.15) is 11.3 Å². The Morgan fingerprint density at radius 3 is 2.10 bits per heavy atom. The molecule has 1 aliphatic rings. The third-order valence-electron chi connectivity index (χ3n) is 4.20. The summed E-state index contributed by atoms with van der Waals surface area (Å²) >= 11 is 0. The monoisotopic (exact) mass is 277 g/mol. The second-order valence-electron chi connectivity index (χ2n) is 6.57. The number of methoxy groups -OCH3 is 1. The highest BCUT2D eigenvalue weighted by atomic mass is 16.7. The second-order valence-corrected chi connectivity index (χ2v) is 6.57. The van der Waals surface area contributed by atoms with E-state index in [4.69, 9.17) is 14.0 Å². The van der Waals surface area contributed by atoms with Gasteiger partial charge in [-0.05, 0) is 45.7 Å². The SMILES string of the molecule is COc1ccc(C(C)C)nc1B1OC(C)(C)C(C)(C)O1. The molecule has 2 heterocycles. The Bertz CT molecular complexity index is 484. The molecule has 110 valence electrons. The standard InChI is InChI=1S/C15H24BNO3/c1-10(2)11-8-9-12(18-7)13(17-11)16-19-14(3,4)15(5,6)20-16/h8-10H,1-7H3. The molecule has 1 aromatic rings. The van der Waals surface area contributed by atoms with Gasteiger partial charge in [0.05, 0.1) is 18.3 Å². The minimum Gasteiger partial charge on any atom is -0.496 e. The highest BCUT2D eigenvalue weighted by Gasteiger charge is 2.53. The lowest BCUT2D eigenvalue weighted by Gasteiger charge is -2.32. The molecular formula is C15H24BNO3. The molecule has 1 saturated heterocycles. The molecule has 0 bridgehead atoms. The number of aromatic nitrogens is 1. The predicted octanol–water partition coefficient (Wildman–Crippen LogP) is 2.51. The third-order valence-corrected chi connectivity index (χ3v) is 4.20. The number of hydrogen-bond acceptors (Lipinski definition) is 4. The highest BCUT2D eigenvalue weighted by Crippen LogP contribution is 2.37. The normalized spacial score (nSPS) is 20.5. The summed E-state index contributed by atoms with van der Waals surface area (Å²) in [5, 5.41) is 0. The molecule has 0 unspecified atom stereocenters. The molecule has 0 spiro atoms. The smallest absolute Gasteiger partial charge is 0.496 e. The summed E-state index contributed by atoms with van der Waals surface area (Å²) in [5.74, 6) is 1.05. The van der Waals surface area contributed by atoms with Crippen LogP contribution >= 0.6 is 0 Å². The quantitative estimate of drug-likeness (QED) is 0.796. The van der Waals surface area contributed by atoms with Crippen LogP contribution in [-0.4, -0.2) is 30.4 Å². The summed E-state index contributed by atoms with van der Waals surface area (Å²) in [6.07, 6.45) is 0. The van der Waals surface area contributed by atoms with Crippen molar-refractivity contribution in [2.75, 3.05) is 7.11 Å². The van der Waals surface area contributed by atoms with Crippen LogP contribution in [0.15, 0.2) is 12.1 Å². The van der Waals surface area contributed by atoms with E-state index in [0.717, 1.165) is 11.3 Å². The molecule has 1 aliphatic heterocycles. The van der Waals surface area contributed by atoms with Crippen molar-refractivity contribution >= 4 is 12.7 Å². The number of hydrogen-bond donors (Lipinski definition) is 0. The molecule has 2 rings (SSSR count). The van der Waals surface area contributed by atoms with Gasteiger partial charge in [0.2, 0.25) is 0 Å². The Labute approximate surface area is 122 Å². The van der Waals surface area contributed by atoms with E-state index in [-0.39, 0.29) is 11.2 Å². The molecule has 20 heavy (non-hydrogen) atoms. The number of nitrogens with zero attached hydrogens (tertiary/aromatic N) is 1. The Morgan fingerprint density at radius 1 is 1.10 bits per heavy atom. The predicted molar refractivity (Wildman–Crippen MR) is 80.6 cm³/mol. The van der Waals surface area contributed by atoms with Gasteiger partial charge in [-0.15, -0.1) is 0 Å². The summed E-state index contributed by atoms with van der Waals surface area (Å²) in [4.78, 5) is 4.68. The lowest BCUT2D eigenvalue weighted by Crippen LogP contribution is -2.41. The zero-order valence-corrected chi connectivity index (χ0v) is 13.5. The van der Waals surface area contributed by atoms with E-state index in [1.165, 1.54) is 0 Å². The van der Waals surface area contributed by atoms with Crippen LogP contribution in [0.5, 0.6) is 5.75 Å². The lowest BCUT2D eigenvalue weighted by atomic mass is 9.83. The molecule has 0 aliphatic carbocycles. The van der Waals surface area contributed by atoms with Crippen LogP contribution in [0.25, 0.3) is 0 Å². The Kier molecular flexibility index (Phi) is 3.86. The Hall–Kier alpha value is -1.07. The summed E-state index contributed by atoms with van der Waals surface area (Å²) < 4.78 is 17.5. The minimum atomic E-state index is -0.492. The maximum atomic E-state index is 6.06. The largest absolute Gasteiger partial charge is 0.518 e. The number of ether oxygens (including phenoxy) is 1. The van der Waals surface area contributed by atoms with Crippen molar-refractivity contribution in [3.05, 3.63) is 17.8 Å². The van der Waals surface area contributed by atoms with E-state index in [1.54, 1.807) is 7.11 Å². The van der Waals surface area contributed by atoms with Crippen LogP contribution in [0.1, 0.15) is 53.2 Å². The van der Waals surface area contributed by atoms with Crippen LogP contribution < -0.4 is 10.3 Å². The van der Waals surface area contributed by atoms with Crippen molar-refractivity contribution in [1.82, 2.24) is 4.98 Å². The van der Waals surface area contributed by atoms with Gasteiger partial charge in [0.15, 0.2) is 0 Å². The summed E-state index contributed by atoms with van der Waals surface area (Å²) in [6.45, 7) is 12.4. The molecule has 0 saturated carbocycles. The van der Waals surface area contributed by atoms with Crippen molar-refractivity contribution in [1.29, 1.82) is 0 Å². The van der Waals surface area contributed by atoms with E-state index in [1.807, 2.05) is 39.8 Å². The van der Waals surface area contributed by atoms with E-state index < -0.39 is 7.12 Å². The maximum Gasteiger partial charge on any atom is 0.518 e. The van der Waals surface area contributed by atoms with Crippen LogP contribution in [0.3, 0.4) is 0 Å². The van der Waals surface area contributed by atoms with Crippen molar-refractivity contribution < 1.29 is 14.0 Å². The minimum absolute atomic E-state index is 0.349. The molecule has 5 heteroatoms. The maximum absolute atomic E-state index is 6.06. The fraction of sp³-hybridized carbons (Fsp3) is 0.667. The van der Waals surface area contributed by atoms with Gasteiger partial charge in [-0.2, -0.15) is 0 Å². The zero-order chi connectivity index (χ0) is 15.1. The fourth-order valence-corrected chi connectivity index (χ4v) is 2.10. The van der Waals surface area contributed by atoms with Crippen molar-refractivity contribution in [3.8, 4) is 5.75 Å². The van der Waals surface area contributed by atoms with Gasteiger partial charge >= 0.3 is 7.12 Å². The van der Waals surface area contributed by atoms with E-state index in [9.17, 15) is 0 Å². The van der Waals surface area contributed by atoms with Crippen molar-refractivity contribution in [3.63, 3.8) is 0 Å². The van der Waals surface area contributed by atoms with E-state index >= 15 is 0 Å². The summed E-state index contributed by atoms with van der Waals surface area (Å²) in [5.41, 5.74) is 0.976. The first-order chi connectivity index (χ1) is 9.18. The number of pyridine rings is 1. The van der Waals surface area contributed by atoms with Gasteiger partial charge in [-0.3, -0.25) is 4.98 Å². The van der Waals surface area contributed by atoms with E-state index in [2.05, 4.69) is 18.8 Å². The average Bonchev–Trinajstić information content (AvgIpc) is 2.57. The van der Waals surface area contributed by atoms with Gasteiger partial charge in [-0.1, -0.05) is 13.8 Å². The van der Waals surface area contributed by atoms with Crippen LogP contribution in [0, 0.1) is 0 Å². The highest BCUT2D eigenvalue weighted by molar-refractivity contribution is 6.62. The molecule has 4 nitrogen and oxygen atoms in total. The summed E-state index contributed by atoms with van der Waals surface area (Å²) in [7, 11) is 1.15. The van der Waals surface area contributed by atoms with Crippen LogP contribution in [0.4, 0.5) is 0 Å². The van der Waals surface area contributed by atoms with Gasteiger partial charge in [0.25, 0.3) is 0 Å². The molecule has 0 amide bonds. The zero-order valence-electron chi connectivity index (χ0n) is 13.5. The first-order valence-corrected chi connectivity index (χ1v) is 7.08. The second kappa shape index (κ2) is 5.04. The molecule has 0 atom stereocenters. The fourth-order valence-electron chi connectivity index (χ4n) is 2.10. The van der Waals surface area contributed by atoms with Crippen LogP contribution in [-0.2, 0) is 9.31 Å². The molecular weight excluding hydrogens is 253 g/mol. The molecule has 1 aromatic heterocycles. The first-order valence-electron chi connectivity index (χ1n) is 7.08. The van der Waals surface area contributed by atoms with Crippen LogP contribution in [0.2, 0.25) is 0 Å². The van der Waals surface area contributed by atoms with Crippen molar-refractivity contribution in [2.24, 2.45) is 0 Å². The van der Waals surface area contributed by atoms with Gasteiger partial charge < -0.3 is 14.0 Å². The topological polar surface area (TPSA) is 40.6 Å².